The summed E-state index contributed by atoms with van der Waals surface area (Å²) in [7, 11) is 0. The van der Waals surface area contributed by atoms with Crippen molar-refractivity contribution in [2.75, 3.05) is 13.2 Å². The van der Waals surface area contributed by atoms with Gasteiger partial charge in [-0.2, -0.15) is 0 Å². The Kier molecular flexibility index (Phi) is 4.77. The number of hydrogen-bond donors (Lipinski definition) is 2. The van der Waals surface area contributed by atoms with Gasteiger partial charge in [-0.1, -0.05) is 41.4 Å². The van der Waals surface area contributed by atoms with E-state index in [1.807, 2.05) is 24.3 Å². The molecule has 1 aromatic rings. The van der Waals surface area contributed by atoms with Crippen LogP contribution >= 0.6 is 15.9 Å². The largest absolute Gasteiger partial charge is 0.395 e. The van der Waals surface area contributed by atoms with Gasteiger partial charge in [0.2, 0.25) is 0 Å². The average molecular weight is 273 g/mol. The van der Waals surface area contributed by atoms with Crippen molar-refractivity contribution in [3.63, 3.8) is 0 Å². The van der Waals surface area contributed by atoms with E-state index in [4.69, 9.17) is 0 Å². The van der Waals surface area contributed by atoms with E-state index in [9.17, 15) is 10.2 Å². The summed E-state index contributed by atoms with van der Waals surface area (Å²) < 4.78 is 1.01. The van der Waals surface area contributed by atoms with E-state index in [0.717, 1.165) is 22.9 Å². The van der Waals surface area contributed by atoms with Crippen molar-refractivity contribution < 1.29 is 10.2 Å². The molecule has 0 radical (unpaired) electrons. The van der Waals surface area contributed by atoms with Crippen LogP contribution in [0, 0.1) is 0 Å². The highest BCUT2D eigenvalue weighted by Gasteiger charge is 2.29. The Bertz CT molecular complexity index is 291. The number of benzene rings is 1. The van der Waals surface area contributed by atoms with Crippen LogP contribution in [0.15, 0.2) is 28.7 Å². The standard InChI is InChI=1S/C12H17BrO2/c1-2-7-12(8-14,9-15)10-3-5-11(13)6-4-10/h3-6,14-15H,2,7-9H2,1H3. The zero-order valence-corrected chi connectivity index (χ0v) is 10.5. The predicted octanol–water partition coefficient (Wildman–Crippen LogP) is 2.47. The van der Waals surface area contributed by atoms with Crippen LogP contribution in [0.25, 0.3) is 0 Å². The molecule has 0 saturated heterocycles. The summed E-state index contributed by atoms with van der Waals surface area (Å²) in [5.41, 5.74) is 0.507. The summed E-state index contributed by atoms with van der Waals surface area (Å²) in [5.74, 6) is 0. The van der Waals surface area contributed by atoms with Crippen molar-refractivity contribution in [3.05, 3.63) is 34.3 Å². The van der Waals surface area contributed by atoms with E-state index in [1.54, 1.807) is 0 Å². The maximum Gasteiger partial charge on any atom is 0.0550 e. The third-order valence-corrected chi connectivity index (χ3v) is 3.32. The van der Waals surface area contributed by atoms with Crippen molar-refractivity contribution in [2.24, 2.45) is 0 Å². The molecule has 0 saturated carbocycles. The number of hydrogen-bond acceptors (Lipinski definition) is 2. The molecular formula is C12H17BrO2. The Morgan fingerprint density at radius 2 is 1.67 bits per heavy atom. The number of rotatable bonds is 5. The SMILES string of the molecule is CCCC(CO)(CO)c1ccc(Br)cc1. The lowest BCUT2D eigenvalue weighted by Crippen LogP contribution is -2.34. The van der Waals surface area contributed by atoms with Gasteiger partial charge in [0.15, 0.2) is 0 Å². The van der Waals surface area contributed by atoms with Gasteiger partial charge in [0, 0.05) is 9.89 Å². The van der Waals surface area contributed by atoms with E-state index in [-0.39, 0.29) is 13.2 Å². The Hall–Kier alpha value is -0.380. The molecule has 15 heavy (non-hydrogen) atoms. The fourth-order valence-corrected chi connectivity index (χ4v) is 2.08. The molecule has 0 atom stereocenters. The molecule has 3 heteroatoms. The first-order chi connectivity index (χ1) is 7.18. The highest BCUT2D eigenvalue weighted by Crippen LogP contribution is 2.29. The molecule has 2 nitrogen and oxygen atoms in total. The van der Waals surface area contributed by atoms with E-state index in [0.29, 0.717) is 0 Å². The second-order valence-electron chi connectivity index (χ2n) is 3.85. The van der Waals surface area contributed by atoms with E-state index >= 15 is 0 Å². The van der Waals surface area contributed by atoms with Gasteiger partial charge in [-0.25, -0.2) is 0 Å². The van der Waals surface area contributed by atoms with Crippen molar-refractivity contribution >= 4 is 15.9 Å². The monoisotopic (exact) mass is 272 g/mol. The third-order valence-electron chi connectivity index (χ3n) is 2.79. The van der Waals surface area contributed by atoms with Crippen LogP contribution < -0.4 is 0 Å². The Morgan fingerprint density at radius 3 is 2.07 bits per heavy atom. The summed E-state index contributed by atoms with van der Waals surface area (Å²) in [6.07, 6.45) is 1.73. The Labute approximate surface area is 99.1 Å². The number of halogens is 1. The molecule has 0 aromatic heterocycles. The highest BCUT2D eigenvalue weighted by atomic mass is 79.9. The molecule has 0 heterocycles. The molecule has 2 N–H and O–H groups in total. The maximum atomic E-state index is 9.46. The topological polar surface area (TPSA) is 40.5 Å². The second-order valence-corrected chi connectivity index (χ2v) is 4.77. The normalized spacial score (nSPS) is 11.7. The molecule has 1 aromatic carbocycles. The van der Waals surface area contributed by atoms with Crippen LogP contribution in [0.2, 0.25) is 0 Å². The third kappa shape index (κ3) is 2.80. The van der Waals surface area contributed by atoms with Gasteiger partial charge < -0.3 is 10.2 Å². The first-order valence-corrected chi connectivity index (χ1v) is 5.95. The molecule has 1 rings (SSSR count). The van der Waals surface area contributed by atoms with Gasteiger partial charge in [0.05, 0.1) is 13.2 Å². The van der Waals surface area contributed by atoms with Gasteiger partial charge in [-0.3, -0.25) is 0 Å². The van der Waals surface area contributed by atoms with E-state index in [1.165, 1.54) is 0 Å². The van der Waals surface area contributed by atoms with Gasteiger partial charge >= 0.3 is 0 Å². The smallest absolute Gasteiger partial charge is 0.0550 e. The van der Waals surface area contributed by atoms with E-state index in [2.05, 4.69) is 22.9 Å². The fourth-order valence-electron chi connectivity index (χ4n) is 1.82. The molecule has 0 bridgehead atoms. The van der Waals surface area contributed by atoms with Crippen molar-refractivity contribution in [1.82, 2.24) is 0 Å². The lowest BCUT2D eigenvalue weighted by Gasteiger charge is -2.30. The lowest BCUT2D eigenvalue weighted by molar-refractivity contribution is 0.109. The first-order valence-electron chi connectivity index (χ1n) is 5.16. The minimum Gasteiger partial charge on any atom is -0.395 e. The van der Waals surface area contributed by atoms with Crippen LogP contribution in [-0.4, -0.2) is 23.4 Å². The summed E-state index contributed by atoms with van der Waals surface area (Å²) in [6.45, 7) is 2.02. The van der Waals surface area contributed by atoms with Crippen molar-refractivity contribution in [2.45, 2.75) is 25.2 Å². The molecule has 0 aliphatic rings. The van der Waals surface area contributed by atoms with Crippen molar-refractivity contribution in [1.29, 1.82) is 0 Å². The summed E-state index contributed by atoms with van der Waals surface area (Å²) >= 11 is 3.37. The lowest BCUT2D eigenvalue weighted by atomic mass is 9.78. The fraction of sp³-hybridized carbons (Fsp3) is 0.500. The highest BCUT2D eigenvalue weighted by molar-refractivity contribution is 9.10. The van der Waals surface area contributed by atoms with Crippen LogP contribution in [0.5, 0.6) is 0 Å². The molecule has 0 unspecified atom stereocenters. The van der Waals surface area contributed by atoms with Crippen LogP contribution in [0.1, 0.15) is 25.3 Å². The maximum absolute atomic E-state index is 9.46. The zero-order chi connectivity index (χ0) is 11.3. The quantitative estimate of drug-likeness (QED) is 0.865. The Balaban J connectivity index is 3.02. The Morgan fingerprint density at radius 1 is 1.13 bits per heavy atom. The van der Waals surface area contributed by atoms with E-state index < -0.39 is 5.41 Å². The average Bonchev–Trinajstić information content (AvgIpc) is 2.27. The van der Waals surface area contributed by atoms with Crippen molar-refractivity contribution in [3.8, 4) is 0 Å². The minimum atomic E-state index is -0.491. The van der Waals surface area contributed by atoms with Gasteiger partial charge in [-0.05, 0) is 24.1 Å². The van der Waals surface area contributed by atoms with Gasteiger partial charge in [-0.15, -0.1) is 0 Å². The molecular weight excluding hydrogens is 256 g/mol. The summed E-state index contributed by atoms with van der Waals surface area (Å²) in [6, 6.07) is 7.77. The van der Waals surface area contributed by atoms with Crippen LogP contribution in [0.3, 0.4) is 0 Å². The number of aliphatic hydroxyl groups is 2. The predicted molar refractivity (Wildman–Crippen MR) is 64.9 cm³/mol. The summed E-state index contributed by atoms with van der Waals surface area (Å²) in [4.78, 5) is 0. The van der Waals surface area contributed by atoms with Gasteiger partial charge in [0.25, 0.3) is 0 Å². The summed E-state index contributed by atoms with van der Waals surface area (Å²) in [5, 5.41) is 18.9. The molecule has 0 aliphatic heterocycles. The number of aliphatic hydroxyl groups excluding tert-OH is 2. The molecule has 0 fully saturated rings. The van der Waals surface area contributed by atoms with Crippen LogP contribution in [0.4, 0.5) is 0 Å². The molecule has 0 aliphatic carbocycles. The zero-order valence-electron chi connectivity index (χ0n) is 8.91. The minimum absolute atomic E-state index is 0.0149. The first kappa shape index (κ1) is 12.7. The van der Waals surface area contributed by atoms with Crippen LogP contribution in [-0.2, 0) is 5.41 Å². The second kappa shape index (κ2) is 5.64. The molecule has 0 amide bonds. The molecule has 0 spiro atoms. The van der Waals surface area contributed by atoms with Gasteiger partial charge in [0.1, 0.15) is 0 Å². The molecule has 84 valence electrons.